The van der Waals surface area contributed by atoms with Crippen LogP contribution in [0.3, 0.4) is 0 Å². The number of carbonyl (C=O) groups excluding carboxylic acids is 1. The lowest BCUT2D eigenvalue weighted by molar-refractivity contribution is -0.161. The van der Waals surface area contributed by atoms with E-state index in [1.165, 1.54) is 57.8 Å². The van der Waals surface area contributed by atoms with Crippen molar-refractivity contribution in [2.24, 2.45) is 28.9 Å². The zero-order valence-electron chi connectivity index (χ0n) is 12.5. The predicted molar refractivity (Wildman–Crippen MR) is 79.0 cm³/mol. The molecular formula is C17H28N2O. The maximum atomic E-state index is 13.3. The van der Waals surface area contributed by atoms with Crippen LogP contribution in [0.4, 0.5) is 0 Å². The molecule has 5 saturated carbocycles. The molecule has 0 saturated heterocycles. The molecule has 2 N–H and O–H groups in total. The van der Waals surface area contributed by atoms with Crippen molar-refractivity contribution >= 4 is 5.91 Å². The summed E-state index contributed by atoms with van der Waals surface area (Å²) in [6.07, 6.45) is 11.5. The van der Waals surface area contributed by atoms with Gasteiger partial charge in [0.05, 0.1) is 5.41 Å². The molecule has 5 aliphatic rings. The summed E-state index contributed by atoms with van der Waals surface area (Å²) in [4.78, 5) is 15.5. The van der Waals surface area contributed by atoms with E-state index in [9.17, 15) is 4.79 Å². The number of carbonyl (C=O) groups is 1. The van der Waals surface area contributed by atoms with Crippen LogP contribution in [0.5, 0.6) is 0 Å². The Morgan fingerprint density at radius 2 is 1.60 bits per heavy atom. The van der Waals surface area contributed by atoms with E-state index < -0.39 is 0 Å². The van der Waals surface area contributed by atoms with Crippen molar-refractivity contribution in [2.45, 2.75) is 63.8 Å². The second-order valence-electron chi connectivity index (χ2n) is 8.07. The van der Waals surface area contributed by atoms with Crippen LogP contribution in [-0.4, -0.2) is 29.9 Å². The molecule has 0 radical (unpaired) electrons. The summed E-state index contributed by atoms with van der Waals surface area (Å²) < 4.78 is 0. The van der Waals surface area contributed by atoms with Crippen LogP contribution in [0.1, 0.15) is 57.8 Å². The second kappa shape index (κ2) is 4.72. The minimum Gasteiger partial charge on any atom is -0.338 e. The molecule has 112 valence electrons. The molecule has 0 aromatic rings. The van der Waals surface area contributed by atoms with Crippen molar-refractivity contribution in [3.05, 3.63) is 0 Å². The molecule has 0 spiro atoms. The molecule has 20 heavy (non-hydrogen) atoms. The molecule has 0 aliphatic heterocycles. The number of hydrogen-bond donors (Lipinski definition) is 1. The molecule has 5 aliphatic carbocycles. The number of nitrogens with zero attached hydrogens (tertiary/aromatic N) is 1. The van der Waals surface area contributed by atoms with Crippen LogP contribution < -0.4 is 5.73 Å². The van der Waals surface area contributed by atoms with Crippen LogP contribution in [0.25, 0.3) is 0 Å². The number of hydrogen-bond acceptors (Lipinski definition) is 2. The van der Waals surface area contributed by atoms with Gasteiger partial charge in [-0.1, -0.05) is 0 Å². The smallest absolute Gasteiger partial charge is 0.229 e. The first-order valence-electron chi connectivity index (χ1n) is 8.71. The molecule has 4 bridgehead atoms. The summed E-state index contributed by atoms with van der Waals surface area (Å²) in [6.45, 7) is 1.40. The van der Waals surface area contributed by atoms with Gasteiger partial charge in [0.25, 0.3) is 0 Å². The first kappa shape index (κ1) is 13.1. The Kier molecular flexibility index (Phi) is 3.10. The van der Waals surface area contributed by atoms with Crippen LogP contribution in [0, 0.1) is 23.2 Å². The van der Waals surface area contributed by atoms with Crippen molar-refractivity contribution in [3.63, 3.8) is 0 Å². The first-order chi connectivity index (χ1) is 9.70. The van der Waals surface area contributed by atoms with Gasteiger partial charge in [-0.3, -0.25) is 4.79 Å². The van der Waals surface area contributed by atoms with E-state index in [2.05, 4.69) is 4.90 Å². The number of amides is 1. The Morgan fingerprint density at radius 1 is 1.05 bits per heavy atom. The van der Waals surface area contributed by atoms with Crippen LogP contribution >= 0.6 is 0 Å². The third-order valence-electron chi connectivity index (χ3n) is 6.64. The average molecular weight is 276 g/mol. The fourth-order valence-electron chi connectivity index (χ4n) is 5.96. The molecule has 5 fully saturated rings. The summed E-state index contributed by atoms with van der Waals surface area (Å²) in [5.74, 6) is 3.05. The van der Waals surface area contributed by atoms with E-state index in [-0.39, 0.29) is 5.41 Å². The highest BCUT2D eigenvalue weighted by atomic mass is 16.2. The third-order valence-corrected chi connectivity index (χ3v) is 6.64. The maximum absolute atomic E-state index is 13.3. The van der Waals surface area contributed by atoms with E-state index in [1.54, 1.807) is 0 Å². The lowest BCUT2D eigenvalue weighted by Gasteiger charge is -2.57. The summed E-state index contributed by atoms with van der Waals surface area (Å²) in [7, 11) is 0. The van der Waals surface area contributed by atoms with Gasteiger partial charge in [0, 0.05) is 19.1 Å². The SMILES string of the molecule is NCCN(C(=O)C12CC3CC(CC(C3)C1)C2)C1CCC1. The van der Waals surface area contributed by atoms with Gasteiger partial charge in [-0.15, -0.1) is 0 Å². The molecule has 0 atom stereocenters. The van der Waals surface area contributed by atoms with Gasteiger partial charge in [-0.05, 0) is 75.5 Å². The summed E-state index contributed by atoms with van der Waals surface area (Å²) in [5, 5.41) is 0. The molecule has 0 heterocycles. The van der Waals surface area contributed by atoms with Gasteiger partial charge in [0.15, 0.2) is 0 Å². The summed E-state index contributed by atoms with van der Waals surface area (Å²) in [5.41, 5.74) is 5.81. The molecule has 0 unspecified atom stereocenters. The van der Waals surface area contributed by atoms with Gasteiger partial charge >= 0.3 is 0 Å². The highest BCUT2D eigenvalue weighted by Crippen LogP contribution is 2.60. The zero-order valence-corrected chi connectivity index (χ0v) is 12.5. The van der Waals surface area contributed by atoms with Gasteiger partial charge in [-0.2, -0.15) is 0 Å². The standard InChI is InChI=1S/C17H28N2O/c18-4-5-19(15-2-1-3-15)16(20)17-9-12-6-13(10-17)8-14(7-12)11-17/h12-15H,1-11,18H2. The van der Waals surface area contributed by atoms with Gasteiger partial charge in [0.2, 0.25) is 5.91 Å². The highest BCUT2D eigenvalue weighted by Gasteiger charge is 2.56. The Morgan fingerprint density at radius 3 is 2.00 bits per heavy atom. The van der Waals surface area contributed by atoms with Gasteiger partial charge < -0.3 is 10.6 Å². The Labute approximate surface area is 122 Å². The monoisotopic (exact) mass is 276 g/mol. The maximum Gasteiger partial charge on any atom is 0.229 e. The predicted octanol–water partition coefficient (Wildman–Crippen LogP) is 2.54. The lowest BCUT2D eigenvalue weighted by Crippen LogP contribution is -2.58. The number of rotatable bonds is 4. The normalized spacial score (nSPS) is 42.5. The van der Waals surface area contributed by atoms with Crippen LogP contribution in [0.2, 0.25) is 0 Å². The molecule has 1 amide bonds. The Bertz CT molecular complexity index is 367. The van der Waals surface area contributed by atoms with Gasteiger partial charge in [0.1, 0.15) is 0 Å². The summed E-state index contributed by atoms with van der Waals surface area (Å²) >= 11 is 0. The second-order valence-corrected chi connectivity index (χ2v) is 8.07. The van der Waals surface area contributed by atoms with Crippen molar-refractivity contribution in [2.75, 3.05) is 13.1 Å². The topological polar surface area (TPSA) is 46.3 Å². The van der Waals surface area contributed by atoms with E-state index in [1.807, 2.05) is 0 Å². The van der Waals surface area contributed by atoms with Gasteiger partial charge in [-0.25, -0.2) is 0 Å². The molecular weight excluding hydrogens is 248 g/mol. The zero-order chi connectivity index (χ0) is 13.7. The first-order valence-corrected chi connectivity index (χ1v) is 8.71. The van der Waals surface area contributed by atoms with Crippen molar-refractivity contribution < 1.29 is 4.79 Å². The van der Waals surface area contributed by atoms with E-state index >= 15 is 0 Å². The minimum atomic E-state index is 0.0273. The summed E-state index contributed by atoms with van der Waals surface area (Å²) in [6, 6.07) is 0.513. The molecule has 3 nitrogen and oxygen atoms in total. The molecule has 0 aromatic carbocycles. The van der Waals surface area contributed by atoms with E-state index in [0.29, 0.717) is 18.5 Å². The quantitative estimate of drug-likeness (QED) is 0.857. The Balaban J connectivity index is 1.57. The molecule has 5 rings (SSSR count). The molecule has 0 aromatic heterocycles. The minimum absolute atomic E-state index is 0.0273. The Hall–Kier alpha value is -0.570. The van der Waals surface area contributed by atoms with Crippen molar-refractivity contribution in [3.8, 4) is 0 Å². The fourth-order valence-corrected chi connectivity index (χ4v) is 5.96. The average Bonchev–Trinajstić information content (AvgIpc) is 2.33. The number of nitrogens with two attached hydrogens (primary N) is 1. The van der Waals surface area contributed by atoms with E-state index in [0.717, 1.165) is 24.3 Å². The largest absolute Gasteiger partial charge is 0.338 e. The van der Waals surface area contributed by atoms with Crippen LogP contribution in [0.15, 0.2) is 0 Å². The third kappa shape index (κ3) is 1.93. The van der Waals surface area contributed by atoms with Crippen molar-refractivity contribution in [1.29, 1.82) is 0 Å². The van der Waals surface area contributed by atoms with Crippen molar-refractivity contribution in [1.82, 2.24) is 4.90 Å². The molecule has 3 heteroatoms. The van der Waals surface area contributed by atoms with Crippen LogP contribution in [-0.2, 0) is 4.79 Å². The highest BCUT2D eigenvalue weighted by molar-refractivity contribution is 5.83. The lowest BCUT2D eigenvalue weighted by atomic mass is 9.49. The fraction of sp³-hybridized carbons (Fsp3) is 0.941. The van der Waals surface area contributed by atoms with E-state index in [4.69, 9.17) is 5.73 Å².